The van der Waals surface area contributed by atoms with Crippen LogP contribution in [0, 0.1) is 0 Å². The molecule has 2 unspecified atom stereocenters. The Bertz CT molecular complexity index is 286. The lowest BCUT2D eigenvalue weighted by molar-refractivity contribution is -0.147. The van der Waals surface area contributed by atoms with E-state index < -0.39 is 18.0 Å². The molecule has 0 aliphatic heterocycles. The van der Waals surface area contributed by atoms with Gasteiger partial charge in [0.25, 0.3) is 0 Å². The lowest BCUT2D eigenvalue weighted by Crippen LogP contribution is -2.26. The molecule has 4 nitrogen and oxygen atoms in total. The van der Waals surface area contributed by atoms with Crippen LogP contribution in [0.4, 0.5) is 0 Å². The van der Waals surface area contributed by atoms with E-state index in [1.165, 1.54) is 0 Å². The van der Waals surface area contributed by atoms with Gasteiger partial charge < -0.3 is 10.2 Å². The Morgan fingerprint density at radius 2 is 2.23 bits per heavy atom. The fourth-order valence-electron chi connectivity index (χ4n) is 1.02. The average Bonchev–Trinajstić information content (AvgIpc) is 2.17. The molecule has 0 saturated carbocycles. The van der Waals surface area contributed by atoms with Gasteiger partial charge in [0.2, 0.25) is 0 Å². The maximum Gasteiger partial charge on any atom is 0.333 e. The molecule has 13 heavy (non-hydrogen) atoms. The summed E-state index contributed by atoms with van der Waals surface area (Å²) in [5, 5.41) is 17.7. The monoisotopic (exact) mass is 181 g/mol. The van der Waals surface area contributed by atoms with Crippen LogP contribution in [-0.2, 0) is 4.79 Å². The van der Waals surface area contributed by atoms with Crippen LogP contribution in [0.2, 0.25) is 0 Å². The highest BCUT2D eigenvalue weighted by atomic mass is 16.4. The van der Waals surface area contributed by atoms with E-state index in [9.17, 15) is 9.90 Å². The van der Waals surface area contributed by atoms with E-state index in [-0.39, 0.29) is 0 Å². The fraction of sp³-hybridized carbons (Fsp3) is 0.333. The van der Waals surface area contributed by atoms with Crippen LogP contribution >= 0.6 is 0 Å². The number of carboxylic acid groups (broad SMARTS) is 1. The van der Waals surface area contributed by atoms with Gasteiger partial charge in [0.15, 0.2) is 6.10 Å². The third-order valence-electron chi connectivity index (χ3n) is 1.88. The van der Waals surface area contributed by atoms with Crippen LogP contribution in [0.25, 0.3) is 0 Å². The van der Waals surface area contributed by atoms with E-state index in [1.54, 1.807) is 31.3 Å². The molecule has 70 valence electrons. The predicted molar refractivity (Wildman–Crippen MR) is 46.3 cm³/mol. The lowest BCUT2D eigenvalue weighted by Gasteiger charge is -2.13. The highest BCUT2D eigenvalue weighted by Crippen LogP contribution is 2.16. The van der Waals surface area contributed by atoms with Crippen molar-refractivity contribution in [1.82, 2.24) is 4.98 Å². The van der Waals surface area contributed by atoms with Gasteiger partial charge in [0.1, 0.15) is 0 Å². The zero-order valence-corrected chi connectivity index (χ0v) is 7.21. The number of hydrogen-bond acceptors (Lipinski definition) is 3. The van der Waals surface area contributed by atoms with E-state index in [4.69, 9.17) is 5.11 Å². The maximum atomic E-state index is 10.4. The Kier molecular flexibility index (Phi) is 2.97. The third-order valence-corrected chi connectivity index (χ3v) is 1.88. The van der Waals surface area contributed by atoms with E-state index in [0.717, 1.165) is 0 Å². The molecule has 0 amide bonds. The van der Waals surface area contributed by atoms with Gasteiger partial charge in [0.05, 0.1) is 0 Å². The molecule has 1 aromatic rings. The van der Waals surface area contributed by atoms with Gasteiger partial charge in [-0.05, 0) is 12.1 Å². The molecule has 0 aliphatic carbocycles. The van der Waals surface area contributed by atoms with Crippen LogP contribution in [0.15, 0.2) is 24.4 Å². The van der Waals surface area contributed by atoms with Crippen molar-refractivity contribution in [2.75, 3.05) is 0 Å². The average molecular weight is 181 g/mol. The first-order valence-corrected chi connectivity index (χ1v) is 3.94. The summed E-state index contributed by atoms with van der Waals surface area (Å²) in [6, 6.07) is 5.19. The minimum Gasteiger partial charge on any atom is -0.479 e. The first kappa shape index (κ1) is 9.67. The summed E-state index contributed by atoms with van der Waals surface area (Å²) in [5.41, 5.74) is 0.581. The number of aliphatic hydroxyl groups is 1. The molecule has 0 bridgehead atoms. The minimum atomic E-state index is -1.39. The molecule has 4 heteroatoms. The molecule has 1 aromatic heterocycles. The number of nitrogens with zero attached hydrogens (tertiary/aromatic N) is 1. The van der Waals surface area contributed by atoms with E-state index >= 15 is 0 Å². The smallest absolute Gasteiger partial charge is 0.333 e. The minimum absolute atomic E-state index is 0.487. The van der Waals surface area contributed by atoms with Crippen molar-refractivity contribution in [2.24, 2.45) is 0 Å². The molecular formula is C9H11NO3. The molecule has 0 saturated heterocycles. The Morgan fingerprint density at radius 1 is 1.54 bits per heavy atom. The molecule has 0 aromatic carbocycles. The van der Waals surface area contributed by atoms with Crippen molar-refractivity contribution in [3.05, 3.63) is 30.1 Å². The first-order chi connectivity index (χ1) is 6.13. The van der Waals surface area contributed by atoms with Crippen LogP contribution in [0.1, 0.15) is 18.5 Å². The summed E-state index contributed by atoms with van der Waals surface area (Å²) in [7, 11) is 0. The quantitative estimate of drug-likeness (QED) is 0.717. The number of aliphatic hydroxyl groups excluding tert-OH is 1. The van der Waals surface area contributed by atoms with Crippen LogP contribution in [0.3, 0.4) is 0 Å². The maximum absolute atomic E-state index is 10.4. The molecule has 1 heterocycles. The number of hydrogen-bond donors (Lipinski definition) is 2. The number of aliphatic carboxylic acids is 1. The van der Waals surface area contributed by atoms with Crippen molar-refractivity contribution in [3.8, 4) is 0 Å². The van der Waals surface area contributed by atoms with Crippen molar-refractivity contribution < 1.29 is 15.0 Å². The molecule has 0 fully saturated rings. The zero-order chi connectivity index (χ0) is 9.84. The summed E-state index contributed by atoms with van der Waals surface area (Å²) in [6.07, 6.45) is 0.176. The Hall–Kier alpha value is -1.42. The number of aromatic nitrogens is 1. The number of carbonyl (C=O) groups is 1. The first-order valence-electron chi connectivity index (χ1n) is 3.94. The largest absolute Gasteiger partial charge is 0.479 e. The van der Waals surface area contributed by atoms with Crippen molar-refractivity contribution in [1.29, 1.82) is 0 Å². The predicted octanol–water partition coefficient (Wildman–Crippen LogP) is 0.631. The summed E-state index contributed by atoms with van der Waals surface area (Å²) >= 11 is 0. The summed E-state index contributed by atoms with van der Waals surface area (Å²) < 4.78 is 0. The number of carboxylic acids is 1. The van der Waals surface area contributed by atoms with Crippen molar-refractivity contribution in [3.63, 3.8) is 0 Å². The second kappa shape index (κ2) is 4.00. The Morgan fingerprint density at radius 3 is 2.69 bits per heavy atom. The SMILES string of the molecule is CC(c1ccccn1)C(O)C(=O)O. The summed E-state index contributed by atoms with van der Waals surface area (Å²) in [5.74, 6) is -1.71. The molecule has 2 N–H and O–H groups in total. The number of rotatable bonds is 3. The molecular weight excluding hydrogens is 170 g/mol. The normalized spacial score (nSPS) is 14.9. The lowest BCUT2D eigenvalue weighted by atomic mass is 10.0. The Labute approximate surface area is 75.9 Å². The van der Waals surface area contributed by atoms with Crippen LogP contribution in [0.5, 0.6) is 0 Å². The zero-order valence-electron chi connectivity index (χ0n) is 7.21. The fourth-order valence-corrected chi connectivity index (χ4v) is 1.02. The van der Waals surface area contributed by atoms with Crippen LogP contribution in [-0.4, -0.2) is 27.3 Å². The third kappa shape index (κ3) is 2.26. The molecule has 0 aliphatic rings. The highest BCUT2D eigenvalue weighted by Gasteiger charge is 2.23. The number of pyridine rings is 1. The topological polar surface area (TPSA) is 70.4 Å². The molecule has 2 atom stereocenters. The van der Waals surface area contributed by atoms with Gasteiger partial charge in [-0.25, -0.2) is 4.79 Å². The van der Waals surface area contributed by atoms with Gasteiger partial charge >= 0.3 is 5.97 Å². The van der Waals surface area contributed by atoms with Gasteiger partial charge in [0, 0.05) is 17.8 Å². The highest BCUT2D eigenvalue weighted by molar-refractivity contribution is 5.73. The van der Waals surface area contributed by atoms with Gasteiger partial charge in [-0.15, -0.1) is 0 Å². The molecule has 0 radical (unpaired) electrons. The van der Waals surface area contributed by atoms with Gasteiger partial charge in [-0.2, -0.15) is 0 Å². The molecule has 1 rings (SSSR count). The second-order valence-electron chi connectivity index (χ2n) is 2.83. The van der Waals surface area contributed by atoms with Gasteiger partial charge in [-0.3, -0.25) is 4.98 Å². The van der Waals surface area contributed by atoms with Crippen LogP contribution < -0.4 is 0 Å². The summed E-state index contributed by atoms with van der Waals surface area (Å²) in [6.45, 7) is 1.63. The van der Waals surface area contributed by atoms with Crippen molar-refractivity contribution in [2.45, 2.75) is 18.9 Å². The van der Waals surface area contributed by atoms with E-state index in [2.05, 4.69) is 4.98 Å². The van der Waals surface area contributed by atoms with E-state index in [0.29, 0.717) is 5.69 Å². The van der Waals surface area contributed by atoms with E-state index in [1.807, 2.05) is 0 Å². The van der Waals surface area contributed by atoms with Gasteiger partial charge in [-0.1, -0.05) is 13.0 Å². The standard InChI is InChI=1S/C9H11NO3/c1-6(8(11)9(12)13)7-4-2-3-5-10-7/h2-6,8,11H,1H3,(H,12,13). The molecule has 0 spiro atoms. The van der Waals surface area contributed by atoms with Crippen molar-refractivity contribution >= 4 is 5.97 Å². The second-order valence-corrected chi connectivity index (χ2v) is 2.83. The summed E-state index contributed by atoms with van der Waals surface area (Å²) in [4.78, 5) is 14.4. The Balaban J connectivity index is 2.79.